The highest BCUT2D eigenvalue weighted by Gasteiger charge is 2.30. The van der Waals surface area contributed by atoms with Crippen LogP contribution in [0.25, 0.3) is 33.5 Å². The molecular formula is C28H28N4O5S. The van der Waals surface area contributed by atoms with E-state index in [0.29, 0.717) is 64.0 Å². The fourth-order valence-electron chi connectivity index (χ4n) is 5.27. The Morgan fingerprint density at radius 2 is 2.08 bits per heavy atom. The van der Waals surface area contributed by atoms with E-state index in [1.807, 2.05) is 12.1 Å². The molecule has 1 amide bonds. The largest absolute Gasteiger partial charge is 0.471 e. The zero-order valence-corrected chi connectivity index (χ0v) is 22.3. The number of benzene rings is 1. The molecule has 196 valence electrons. The third kappa shape index (κ3) is 3.87. The highest BCUT2D eigenvalue weighted by molar-refractivity contribution is 7.92. The van der Waals surface area contributed by atoms with Gasteiger partial charge in [-0.05, 0) is 54.7 Å². The van der Waals surface area contributed by atoms with Gasteiger partial charge in [0.25, 0.3) is 5.91 Å². The zero-order valence-electron chi connectivity index (χ0n) is 21.5. The summed E-state index contributed by atoms with van der Waals surface area (Å²) in [5.41, 5.74) is 5.90. The first-order valence-electron chi connectivity index (χ1n) is 12.4. The molecule has 0 fully saturated rings. The number of furan rings is 1. The second-order valence-electron chi connectivity index (χ2n) is 9.81. The van der Waals surface area contributed by atoms with E-state index in [2.05, 4.69) is 22.9 Å². The number of amides is 1. The van der Waals surface area contributed by atoms with Gasteiger partial charge in [-0.15, -0.1) is 0 Å². The molecule has 1 aliphatic carbocycles. The number of nitrogens with one attached hydrogen (secondary N) is 1. The lowest BCUT2D eigenvalue weighted by atomic mass is 10.00. The monoisotopic (exact) mass is 532 g/mol. The summed E-state index contributed by atoms with van der Waals surface area (Å²) in [4.78, 5) is 20.1. The van der Waals surface area contributed by atoms with E-state index in [4.69, 9.17) is 14.1 Å². The Bertz CT molecular complexity index is 1700. The van der Waals surface area contributed by atoms with Crippen LogP contribution in [-0.4, -0.2) is 57.8 Å². The minimum absolute atomic E-state index is 0.265. The fraction of sp³-hybridized carbons (Fsp3) is 0.286. The molecule has 9 nitrogen and oxygen atoms in total. The third-order valence-corrected chi connectivity index (χ3v) is 8.45. The third-order valence-electron chi connectivity index (χ3n) is 7.26. The van der Waals surface area contributed by atoms with E-state index >= 15 is 0 Å². The van der Waals surface area contributed by atoms with Gasteiger partial charge >= 0.3 is 0 Å². The highest BCUT2D eigenvalue weighted by atomic mass is 32.2. The van der Waals surface area contributed by atoms with Crippen LogP contribution in [0.5, 0.6) is 5.75 Å². The number of nitrogens with zero attached hydrogens (tertiary/aromatic N) is 3. The van der Waals surface area contributed by atoms with Gasteiger partial charge in [0.15, 0.2) is 6.73 Å². The normalized spacial score (nSPS) is 16.6. The van der Waals surface area contributed by atoms with Crippen molar-refractivity contribution < 1.29 is 22.4 Å². The first-order valence-corrected chi connectivity index (χ1v) is 14.3. The first kappa shape index (κ1) is 24.3. The van der Waals surface area contributed by atoms with Crippen LogP contribution >= 0.6 is 0 Å². The van der Waals surface area contributed by atoms with Gasteiger partial charge in [-0.1, -0.05) is 12.7 Å². The van der Waals surface area contributed by atoms with Gasteiger partial charge in [0.2, 0.25) is 10.0 Å². The molecule has 2 aliphatic heterocycles. The van der Waals surface area contributed by atoms with Crippen molar-refractivity contribution in [3.8, 4) is 17.0 Å². The number of hydrogen-bond acceptors (Lipinski definition) is 7. The number of ether oxygens (including phenoxy) is 1. The summed E-state index contributed by atoms with van der Waals surface area (Å²) in [5.74, 6) is 0.910. The van der Waals surface area contributed by atoms with Gasteiger partial charge in [0.1, 0.15) is 22.8 Å². The molecule has 1 aromatic carbocycles. The Kier molecular flexibility index (Phi) is 5.60. The maximum absolute atomic E-state index is 13.1. The molecule has 0 unspecified atom stereocenters. The molecule has 6 rings (SSSR count). The van der Waals surface area contributed by atoms with E-state index in [1.165, 1.54) is 11.4 Å². The number of rotatable bonds is 5. The first-order chi connectivity index (χ1) is 18.2. The zero-order chi connectivity index (χ0) is 26.8. The van der Waals surface area contributed by atoms with Crippen molar-refractivity contribution in [3.05, 3.63) is 65.6 Å². The number of sulfonamides is 1. The molecule has 4 heterocycles. The summed E-state index contributed by atoms with van der Waals surface area (Å²) in [7, 11) is -0.537. The van der Waals surface area contributed by atoms with Crippen molar-refractivity contribution in [3.63, 3.8) is 0 Å². The predicted octanol–water partition coefficient (Wildman–Crippen LogP) is 4.38. The van der Waals surface area contributed by atoms with Crippen LogP contribution in [0.15, 0.2) is 53.0 Å². The molecule has 1 N–H and O–H groups in total. The van der Waals surface area contributed by atoms with Crippen molar-refractivity contribution in [1.29, 1.82) is 0 Å². The lowest BCUT2D eigenvalue weighted by molar-refractivity contribution is 0.0963. The number of hydrogen-bond donors (Lipinski definition) is 1. The molecular weight excluding hydrogens is 504 g/mol. The second-order valence-corrected chi connectivity index (χ2v) is 11.8. The number of aromatic nitrogens is 1. The van der Waals surface area contributed by atoms with Crippen LogP contribution in [0.4, 0.5) is 5.69 Å². The smallest absolute Gasteiger partial charge is 0.255 e. The molecule has 0 radical (unpaired) electrons. The molecule has 0 saturated heterocycles. The SMILES string of the molecule is C=C1C=C2c3nc(-c4cc5c(C(=O)NC)c(C6=CCCC6)oc5cc4N(C)S(C)(=O)=O)ccc3OCN2C1. The molecule has 0 spiro atoms. The summed E-state index contributed by atoms with van der Waals surface area (Å²) < 4.78 is 38.7. The summed E-state index contributed by atoms with van der Waals surface area (Å²) in [6, 6.07) is 7.13. The second kappa shape index (κ2) is 8.76. The quantitative estimate of drug-likeness (QED) is 0.520. The van der Waals surface area contributed by atoms with E-state index in [0.717, 1.165) is 42.4 Å². The Morgan fingerprint density at radius 1 is 1.26 bits per heavy atom. The van der Waals surface area contributed by atoms with Gasteiger partial charge in [-0.3, -0.25) is 9.10 Å². The van der Waals surface area contributed by atoms with E-state index in [9.17, 15) is 13.2 Å². The summed E-state index contributed by atoms with van der Waals surface area (Å²) in [6.07, 6.45) is 7.96. The molecule has 0 bridgehead atoms. The molecule has 10 heteroatoms. The van der Waals surface area contributed by atoms with Gasteiger partial charge in [0.05, 0.1) is 28.9 Å². The molecule has 38 heavy (non-hydrogen) atoms. The minimum atomic E-state index is -3.62. The van der Waals surface area contributed by atoms with Crippen molar-refractivity contribution >= 4 is 43.9 Å². The molecule has 0 atom stereocenters. The molecule has 3 aliphatic rings. The molecule has 3 aromatic rings. The van der Waals surface area contributed by atoms with E-state index in [1.54, 1.807) is 25.2 Å². The fourth-order valence-corrected chi connectivity index (χ4v) is 5.78. The summed E-state index contributed by atoms with van der Waals surface area (Å²) in [5, 5.41) is 3.32. The van der Waals surface area contributed by atoms with Crippen molar-refractivity contribution in [2.24, 2.45) is 0 Å². The van der Waals surface area contributed by atoms with Crippen LogP contribution in [0, 0.1) is 0 Å². The molecule has 2 aromatic heterocycles. The maximum atomic E-state index is 13.1. The maximum Gasteiger partial charge on any atom is 0.255 e. The number of allylic oxidation sites excluding steroid dienone is 2. The standard InChI is InChI=1S/C28H28N4O5S/c1-16-11-22-26-23(36-15-32(22)14-16)10-9-20(30-26)18-12-19-24(13-21(18)31(3)38(4,34)35)37-27(17-7-5-6-8-17)25(19)28(33)29-2/h7,9-13H,1,5-6,8,14-15H2,2-4H3,(H,29,33). The number of fused-ring (bicyclic) bond motifs is 4. The van der Waals surface area contributed by atoms with Crippen molar-refractivity contribution in [1.82, 2.24) is 15.2 Å². The summed E-state index contributed by atoms with van der Waals surface area (Å²) in [6.45, 7) is 5.15. The van der Waals surface area contributed by atoms with E-state index in [-0.39, 0.29) is 5.91 Å². The van der Waals surface area contributed by atoms with Gasteiger partial charge in [-0.25, -0.2) is 13.4 Å². The average Bonchev–Trinajstić information content (AvgIpc) is 3.63. The number of carbonyl (C=O) groups excluding carboxylic acids is 1. The van der Waals surface area contributed by atoms with E-state index < -0.39 is 10.0 Å². The highest BCUT2D eigenvalue weighted by Crippen LogP contribution is 2.43. The average molecular weight is 533 g/mol. The molecule has 0 saturated carbocycles. The Morgan fingerprint density at radius 3 is 2.79 bits per heavy atom. The minimum Gasteiger partial charge on any atom is -0.471 e. The lowest BCUT2D eigenvalue weighted by Gasteiger charge is -2.29. The predicted molar refractivity (Wildman–Crippen MR) is 147 cm³/mol. The number of anilines is 1. The van der Waals surface area contributed by atoms with Crippen molar-refractivity contribution in [2.75, 3.05) is 37.9 Å². The van der Waals surface area contributed by atoms with Crippen molar-refractivity contribution in [2.45, 2.75) is 19.3 Å². The lowest BCUT2D eigenvalue weighted by Crippen LogP contribution is -2.29. The topological polar surface area (TPSA) is 105 Å². The van der Waals surface area contributed by atoms with Crippen LogP contribution in [0.2, 0.25) is 0 Å². The summed E-state index contributed by atoms with van der Waals surface area (Å²) >= 11 is 0. The van der Waals surface area contributed by atoms with Crippen LogP contribution < -0.4 is 14.4 Å². The number of pyridine rings is 1. The van der Waals surface area contributed by atoms with Crippen LogP contribution in [0.1, 0.15) is 41.1 Å². The van der Waals surface area contributed by atoms with Gasteiger partial charge in [-0.2, -0.15) is 0 Å². The van der Waals surface area contributed by atoms with Crippen LogP contribution in [0.3, 0.4) is 0 Å². The Hall–Kier alpha value is -4.05. The Labute approximate surface area is 221 Å². The van der Waals surface area contributed by atoms with Crippen LogP contribution in [-0.2, 0) is 10.0 Å². The number of carbonyl (C=O) groups is 1. The van der Waals surface area contributed by atoms with Gasteiger partial charge < -0.3 is 19.4 Å². The van der Waals surface area contributed by atoms with Gasteiger partial charge in [0, 0.05) is 37.7 Å². The Balaban J connectivity index is 1.62.